The molecule has 2 N–H and O–H groups in total. The third-order valence-electron chi connectivity index (χ3n) is 1.38. The summed E-state index contributed by atoms with van der Waals surface area (Å²) in [4.78, 5) is 0. The number of halogens is 1. The Kier molecular flexibility index (Phi) is 3.65. The minimum atomic E-state index is 0.588. The Morgan fingerprint density at radius 1 is 1.27 bits per heavy atom. The van der Waals surface area contributed by atoms with E-state index >= 15 is 0 Å². The van der Waals surface area contributed by atoms with E-state index in [4.69, 9.17) is 10.5 Å². The van der Waals surface area contributed by atoms with E-state index in [1.54, 1.807) is 0 Å². The summed E-state index contributed by atoms with van der Waals surface area (Å²) in [6.07, 6.45) is 0. The zero-order valence-corrected chi connectivity index (χ0v) is 8.24. The molecule has 0 amide bonds. The Morgan fingerprint density at radius 2 is 1.91 bits per heavy atom. The molecule has 0 unspecified atom stereocenters. The minimum absolute atomic E-state index is 0.588. The van der Waals surface area contributed by atoms with Crippen LogP contribution in [0.1, 0.15) is 5.56 Å². The van der Waals surface area contributed by atoms with Crippen molar-refractivity contribution >= 4 is 22.6 Å². The van der Waals surface area contributed by atoms with Gasteiger partial charge in [0.25, 0.3) is 0 Å². The lowest BCUT2D eigenvalue weighted by Crippen LogP contribution is -1.95. The van der Waals surface area contributed by atoms with Crippen LogP contribution >= 0.6 is 22.6 Å². The van der Waals surface area contributed by atoms with Gasteiger partial charge in [0.05, 0.1) is 0 Å². The summed E-state index contributed by atoms with van der Waals surface area (Å²) in [5, 5.41) is 0. The van der Waals surface area contributed by atoms with Gasteiger partial charge in [0.2, 0.25) is 0 Å². The highest BCUT2D eigenvalue weighted by molar-refractivity contribution is 14.1. The monoisotopic (exact) mass is 263 g/mol. The van der Waals surface area contributed by atoms with Crippen LogP contribution in [0.2, 0.25) is 0 Å². The van der Waals surface area contributed by atoms with Crippen LogP contribution in [0, 0.1) is 0 Å². The topological polar surface area (TPSA) is 35.2 Å². The first-order valence-corrected chi connectivity index (χ1v) is 4.87. The lowest BCUT2D eigenvalue weighted by Gasteiger charge is -2.01. The summed E-state index contributed by atoms with van der Waals surface area (Å²) >= 11 is 2.16. The summed E-state index contributed by atoms with van der Waals surface area (Å²) in [6, 6.07) is 7.81. The van der Waals surface area contributed by atoms with Gasteiger partial charge in [-0.3, -0.25) is 0 Å². The van der Waals surface area contributed by atoms with E-state index in [1.165, 1.54) is 0 Å². The SMILES string of the molecule is NCc1ccc(OCI)cc1. The number of hydrogen-bond acceptors (Lipinski definition) is 2. The van der Waals surface area contributed by atoms with Gasteiger partial charge in [0.15, 0.2) is 0 Å². The van der Waals surface area contributed by atoms with Crippen molar-refractivity contribution in [3.63, 3.8) is 0 Å². The Balaban J connectivity index is 2.66. The highest BCUT2D eigenvalue weighted by Gasteiger charge is 1.91. The Bertz CT molecular complexity index is 210. The molecule has 0 atom stereocenters. The number of hydrogen-bond donors (Lipinski definition) is 1. The molecular formula is C8H10INO. The van der Waals surface area contributed by atoms with Crippen molar-refractivity contribution in [3.8, 4) is 5.75 Å². The van der Waals surface area contributed by atoms with Crippen molar-refractivity contribution in [2.45, 2.75) is 6.54 Å². The number of nitrogens with two attached hydrogens (primary N) is 1. The summed E-state index contributed by atoms with van der Waals surface area (Å²) in [5.41, 5.74) is 6.56. The number of alkyl halides is 1. The molecule has 11 heavy (non-hydrogen) atoms. The first-order valence-electron chi connectivity index (χ1n) is 3.34. The summed E-state index contributed by atoms with van der Waals surface area (Å²) < 4.78 is 5.93. The van der Waals surface area contributed by atoms with E-state index in [0.717, 1.165) is 11.3 Å². The first-order chi connectivity index (χ1) is 5.36. The molecule has 0 saturated carbocycles. The zero-order valence-electron chi connectivity index (χ0n) is 6.09. The highest BCUT2D eigenvalue weighted by atomic mass is 127. The molecule has 0 aromatic heterocycles. The van der Waals surface area contributed by atoms with Gasteiger partial charge in [-0.1, -0.05) is 12.1 Å². The fraction of sp³-hybridized carbons (Fsp3) is 0.250. The van der Waals surface area contributed by atoms with E-state index in [-0.39, 0.29) is 0 Å². The van der Waals surface area contributed by atoms with Crippen molar-refractivity contribution < 1.29 is 4.74 Å². The molecule has 3 heteroatoms. The first kappa shape index (κ1) is 8.80. The van der Waals surface area contributed by atoms with Crippen molar-refractivity contribution in [3.05, 3.63) is 29.8 Å². The molecule has 0 heterocycles. The van der Waals surface area contributed by atoms with E-state index in [2.05, 4.69) is 22.6 Å². The predicted octanol–water partition coefficient (Wildman–Crippen LogP) is 1.92. The van der Waals surface area contributed by atoms with Crippen molar-refractivity contribution in [2.24, 2.45) is 5.73 Å². The average molecular weight is 263 g/mol. The van der Waals surface area contributed by atoms with Crippen LogP contribution in [0.4, 0.5) is 0 Å². The Labute approximate surface area is 79.9 Å². The summed E-state index contributed by atoms with van der Waals surface area (Å²) in [6.45, 7) is 0.588. The Morgan fingerprint density at radius 3 is 2.36 bits per heavy atom. The lowest BCUT2D eigenvalue weighted by atomic mass is 10.2. The second-order valence-electron chi connectivity index (χ2n) is 2.10. The van der Waals surface area contributed by atoms with Crippen LogP contribution in [0.25, 0.3) is 0 Å². The summed E-state index contributed by atoms with van der Waals surface area (Å²) in [7, 11) is 0. The van der Waals surface area contributed by atoms with Gasteiger partial charge in [-0.2, -0.15) is 0 Å². The highest BCUT2D eigenvalue weighted by Crippen LogP contribution is 2.12. The van der Waals surface area contributed by atoms with Gasteiger partial charge in [-0.25, -0.2) is 0 Å². The molecule has 0 saturated heterocycles. The number of rotatable bonds is 3. The molecule has 1 rings (SSSR count). The third kappa shape index (κ3) is 2.67. The predicted molar refractivity (Wildman–Crippen MR) is 53.8 cm³/mol. The van der Waals surface area contributed by atoms with Gasteiger partial charge in [0, 0.05) is 6.54 Å². The van der Waals surface area contributed by atoms with Crippen LogP contribution < -0.4 is 10.5 Å². The molecule has 0 radical (unpaired) electrons. The lowest BCUT2D eigenvalue weighted by molar-refractivity contribution is 0.404. The average Bonchev–Trinajstić information content (AvgIpc) is 2.07. The molecule has 0 aliphatic rings. The molecule has 0 aliphatic carbocycles. The maximum Gasteiger partial charge on any atom is 0.139 e. The molecule has 2 nitrogen and oxygen atoms in total. The second-order valence-corrected chi connectivity index (χ2v) is 2.72. The van der Waals surface area contributed by atoms with Crippen molar-refractivity contribution in [1.29, 1.82) is 0 Å². The number of benzene rings is 1. The standard InChI is InChI=1S/C8H10INO/c9-6-11-8-3-1-7(5-10)2-4-8/h1-4H,5-6,10H2. The van der Waals surface area contributed by atoms with Gasteiger partial charge >= 0.3 is 0 Å². The maximum atomic E-state index is 5.43. The maximum absolute atomic E-state index is 5.43. The van der Waals surface area contributed by atoms with E-state index < -0.39 is 0 Å². The summed E-state index contributed by atoms with van der Waals surface area (Å²) in [5.74, 6) is 0.900. The molecule has 1 aromatic rings. The van der Waals surface area contributed by atoms with E-state index in [9.17, 15) is 0 Å². The van der Waals surface area contributed by atoms with E-state index in [1.807, 2.05) is 24.3 Å². The van der Waals surface area contributed by atoms with Gasteiger partial charge in [-0.15, -0.1) is 0 Å². The second kappa shape index (κ2) is 4.56. The molecule has 0 aliphatic heterocycles. The molecule has 0 spiro atoms. The van der Waals surface area contributed by atoms with Crippen molar-refractivity contribution in [1.82, 2.24) is 0 Å². The van der Waals surface area contributed by atoms with Crippen LogP contribution in [-0.4, -0.2) is 4.61 Å². The largest absolute Gasteiger partial charge is 0.483 e. The molecule has 0 bridgehead atoms. The zero-order chi connectivity index (χ0) is 8.10. The van der Waals surface area contributed by atoms with Gasteiger partial charge < -0.3 is 10.5 Å². The fourth-order valence-corrected chi connectivity index (χ4v) is 1.14. The third-order valence-corrected chi connectivity index (χ3v) is 1.69. The fourth-order valence-electron chi connectivity index (χ4n) is 0.785. The minimum Gasteiger partial charge on any atom is -0.483 e. The van der Waals surface area contributed by atoms with Crippen LogP contribution in [0.15, 0.2) is 24.3 Å². The van der Waals surface area contributed by atoms with E-state index in [0.29, 0.717) is 11.2 Å². The van der Waals surface area contributed by atoms with Crippen molar-refractivity contribution in [2.75, 3.05) is 4.61 Å². The molecule has 60 valence electrons. The van der Waals surface area contributed by atoms with Gasteiger partial charge in [0.1, 0.15) is 10.4 Å². The quantitative estimate of drug-likeness (QED) is 0.668. The number of ether oxygens (including phenoxy) is 1. The molecular weight excluding hydrogens is 253 g/mol. The molecule has 0 fully saturated rings. The smallest absolute Gasteiger partial charge is 0.139 e. The van der Waals surface area contributed by atoms with Crippen LogP contribution in [0.5, 0.6) is 5.75 Å². The normalized spacial score (nSPS) is 9.64. The Hall–Kier alpha value is -0.290. The van der Waals surface area contributed by atoms with Crippen LogP contribution in [-0.2, 0) is 6.54 Å². The van der Waals surface area contributed by atoms with Crippen LogP contribution in [0.3, 0.4) is 0 Å². The van der Waals surface area contributed by atoms with Gasteiger partial charge in [-0.05, 0) is 40.3 Å². The molecule has 1 aromatic carbocycles.